The van der Waals surface area contributed by atoms with Crippen LogP contribution in [0.15, 0.2) is 0 Å². The maximum atomic E-state index is 11.8. The molecule has 1 fully saturated rings. The zero-order chi connectivity index (χ0) is 12.3. The number of rotatable bonds is 1. The summed E-state index contributed by atoms with van der Waals surface area (Å²) in [5.41, 5.74) is -0.478. The molecule has 0 aromatic rings. The van der Waals surface area contributed by atoms with Gasteiger partial charge in [0.2, 0.25) is 0 Å². The van der Waals surface area contributed by atoms with Gasteiger partial charge < -0.3 is 14.4 Å². The van der Waals surface area contributed by atoms with Crippen molar-refractivity contribution in [2.75, 3.05) is 20.2 Å². The Morgan fingerprint density at radius 3 is 2.44 bits per heavy atom. The van der Waals surface area contributed by atoms with Gasteiger partial charge in [-0.3, -0.25) is 0 Å². The van der Waals surface area contributed by atoms with E-state index < -0.39 is 5.60 Å². The number of carbonyl (C=O) groups is 1. The predicted molar refractivity (Wildman–Crippen MR) is 60.9 cm³/mol. The van der Waals surface area contributed by atoms with Gasteiger partial charge in [-0.15, -0.1) is 6.42 Å². The van der Waals surface area contributed by atoms with Crippen molar-refractivity contribution < 1.29 is 14.3 Å². The number of likely N-dealkylation sites (tertiary alicyclic amines) is 1. The van der Waals surface area contributed by atoms with Gasteiger partial charge in [0.25, 0.3) is 0 Å². The fraction of sp³-hybridized carbons (Fsp3) is 0.750. The number of carbonyl (C=O) groups excluding carboxylic acids is 1. The van der Waals surface area contributed by atoms with E-state index in [4.69, 9.17) is 15.9 Å². The second kappa shape index (κ2) is 4.75. The summed E-state index contributed by atoms with van der Waals surface area (Å²) in [5, 5.41) is 0. The van der Waals surface area contributed by atoms with Gasteiger partial charge in [-0.1, -0.05) is 5.92 Å². The highest BCUT2D eigenvalue weighted by Crippen LogP contribution is 2.21. The van der Waals surface area contributed by atoms with E-state index in [9.17, 15) is 4.79 Å². The summed E-state index contributed by atoms with van der Waals surface area (Å²) in [6.45, 7) is 6.53. The molecular weight excluding hydrogens is 206 g/mol. The lowest BCUT2D eigenvalue weighted by atomic mass is 10.1. The minimum Gasteiger partial charge on any atom is -0.444 e. The smallest absolute Gasteiger partial charge is 0.410 e. The average Bonchev–Trinajstić information content (AvgIpc) is 2.57. The van der Waals surface area contributed by atoms with Crippen LogP contribution in [0.25, 0.3) is 0 Å². The van der Waals surface area contributed by atoms with Crippen LogP contribution in [0.2, 0.25) is 0 Å². The van der Waals surface area contributed by atoms with Gasteiger partial charge in [-0.2, -0.15) is 0 Å². The molecule has 90 valence electrons. The quantitative estimate of drug-likeness (QED) is 0.635. The van der Waals surface area contributed by atoms with Gasteiger partial charge >= 0.3 is 6.09 Å². The predicted octanol–water partition coefficient (Wildman–Crippen LogP) is 1.50. The molecule has 4 nitrogen and oxygen atoms in total. The second-order valence-electron chi connectivity index (χ2n) is 4.93. The average molecular weight is 225 g/mol. The molecule has 0 bridgehead atoms. The Morgan fingerprint density at radius 2 is 2.06 bits per heavy atom. The zero-order valence-electron chi connectivity index (χ0n) is 10.3. The Morgan fingerprint density at radius 1 is 1.44 bits per heavy atom. The van der Waals surface area contributed by atoms with Crippen LogP contribution in [-0.4, -0.2) is 42.9 Å². The van der Waals surface area contributed by atoms with Gasteiger partial charge in [0, 0.05) is 13.7 Å². The van der Waals surface area contributed by atoms with Gasteiger partial charge in [-0.05, 0) is 20.8 Å². The van der Waals surface area contributed by atoms with Gasteiger partial charge in [0.05, 0.1) is 18.6 Å². The van der Waals surface area contributed by atoms with E-state index in [1.165, 1.54) is 0 Å². The van der Waals surface area contributed by atoms with Gasteiger partial charge in [0.1, 0.15) is 5.60 Å². The lowest BCUT2D eigenvalue weighted by Crippen LogP contribution is -2.36. The van der Waals surface area contributed by atoms with Crippen LogP contribution in [0.1, 0.15) is 20.8 Å². The summed E-state index contributed by atoms with van der Waals surface area (Å²) in [4.78, 5) is 13.4. The molecule has 0 aromatic carbocycles. The molecule has 1 aliphatic heterocycles. The Hall–Kier alpha value is -1.21. The molecule has 0 aliphatic carbocycles. The number of hydrogen-bond acceptors (Lipinski definition) is 3. The van der Waals surface area contributed by atoms with E-state index in [0.29, 0.717) is 13.1 Å². The highest BCUT2D eigenvalue weighted by molar-refractivity contribution is 5.68. The number of methoxy groups -OCH3 is 1. The highest BCUT2D eigenvalue weighted by Gasteiger charge is 2.36. The van der Waals surface area contributed by atoms with Crippen molar-refractivity contribution in [2.24, 2.45) is 5.92 Å². The lowest BCUT2D eigenvalue weighted by molar-refractivity contribution is 0.0252. The van der Waals surface area contributed by atoms with Crippen molar-refractivity contribution in [3.8, 4) is 12.3 Å². The highest BCUT2D eigenvalue weighted by atomic mass is 16.6. The molecule has 2 atom stereocenters. The fourth-order valence-corrected chi connectivity index (χ4v) is 1.65. The number of terminal acetylenes is 1. The molecule has 0 saturated carbocycles. The monoisotopic (exact) mass is 225 g/mol. The summed E-state index contributed by atoms with van der Waals surface area (Å²) < 4.78 is 10.5. The van der Waals surface area contributed by atoms with Crippen molar-refractivity contribution in [3.05, 3.63) is 0 Å². The van der Waals surface area contributed by atoms with Crippen LogP contribution in [0.5, 0.6) is 0 Å². The van der Waals surface area contributed by atoms with Crippen LogP contribution < -0.4 is 0 Å². The Kier molecular flexibility index (Phi) is 3.82. The van der Waals surface area contributed by atoms with Crippen LogP contribution in [0.4, 0.5) is 4.79 Å². The first-order valence-corrected chi connectivity index (χ1v) is 5.34. The second-order valence-corrected chi connectivity index (χ2v) is 4.93. The standard InChI is InChI=1S/C12H19NO3/c1-6-9-7-13(8-10(9)15-5)11(14)16-12(2,3)4/h1,9-10H,7-8H2,2-5H3. The van der Waals surface area contributed by atoms with Crippen molar-refractivity contribution in [3.63, 3.8) is 0 Å². The molecule has 1 heterocycles. The van der Waals surface area contributed by atoms with Crippen molar-refractivity contribution in [1.29, 1.82) is 0 Å². The first kappa shape index (κ1) is 12.9. The van der Waals surface area contributed by atoms with Crippen molar-refractivity contribution >= 4 is 6.09 Å². The van der Waals surface area contributed by atoms with E-state index in [0.717, 1.165) is 0 Å². The summed E-state index contributed by atoms with van der Waals surface area (Å²) in [6.07, 6.45) is 4.97. The van der Waals surface area contributed by atoms with Crippen LogP contribution >= 0.6 is 0 Å². The van der Waals surface area contributed by atoms with E-state index in [1.54, 1.807) is 12.0 Å². The molecule has 1 aliphatic rings. The molecule has 4 heteroatoms. The number of amides is 1. The molecule has 0 spiro atoms. The molecule has 16 heavy (non-hydrogen) atoms. The Balaban J connectivity index is 2.58. The first-order valence-electron chi connectivity index (χ1n) is 5.34. The SMILES string of the molecule is C#CC1CN(C(=O)OC(C)(C)C)CC1OC. The van der Waals surface area contributed by atoms with E-state index in [1.807, 2.05) is 20.8 Å². The summed E-state index contributed by atoms with van der Waals surface area (Å²) in [5.74, 6) is 2.59. The summed E-state index contributed by atoms with van der Waals surface area (Å²) in [7, 11) is 1.60. The minimum absolute atomic E-state index is 0.0440. The maximum Gasteiger partial charge on any atom is 0.410 e. The van der Waals surface area contributed by atoms with Crippen LogP contribution in [0, 0.1) is 18.3 Å². The van der Waals surface area contributed by atoms with E-state index in [2.05, 4.69) is 5.92 Å². The number of hydrogen-bond donors (Lipinski definition) is 0. The number of nitrogens with zero attached hydrogens (tertiary/aromatic N) is 1. The Labute approximate surface area is 96.9 Å². The van der Waals surface area contributed by atoms with Crippen LogP contribution in [-0.2, 0) is 9.47 Å². The molecule has 2 unspecified atom stereocenters. The minimum atomic E-state index is -0.478. The van der Waals surface area contributed by atoms with E-state index >= 15 is 0 Å². The van der Waals surface area contributed by atoms with Crippen molar-refractivity contribution in [1.82, 2.24) is 4.90 Å². The molecule has 1 amide bonds. The summed E-state index contributed by atoms with van der Waals surface area (Å²) >= 11 is 0. The Bertz CT molecular complexity index is 300. The third kappa shape index (κ3) is 3.14. The fourth-order valence-electron chi connectivity index (χ4n) is 1.65. The molecule has 0 radical (unpaired) electrons. The maximum absolute atomic E-state index is 11.8. The molecule has 1 rings (SSSR count). The van der Waals surface area contributed by atoms with Crippen molar-refractivity contribution in [2.45, 2.75) is 32.5 Å². The normalized spacial score (nSPS) is 25.3. The van der Waals surface area contributed by atoms with Gasteiger partial charge in [-0.25, -0.2) is 4.79 Å². The van der Waals surface area contributed by atoms with Crippen LogP contribution in [0.3, 0.4) is 0 Å². The topological polar surface area (TPSA) is 38.8 Å². The molecule has 0 aromatic heterocycles. The third-order valence-corrected chi connectivity index (χ3v) is 2.43. The molecule has 1 saturated heterocycles. The molecule has 0 N–H and O–H groups in total. The zero-order valence-corrected chi connectivity index (χ0v) is 10.3. The lowest BCUT2D eigenvalue weighted by Gasteiger charge is -2.24. The first-order chi connectivity index (χ1) is 7.37. The molecular formula is C12H19NO3. The third-order valence-electron chi connectivity index (χ3n) is 2.43. The largest absolute Gasteiger partial charge is 0.444 e. The van der Waals surface area contributed by atoms with Gasteiger partial charge in [0.15, 0.2) is 0 Å². The number of ether oxygens (including phenoxy) is 2. The van der Waals surface area contributed by atoms with E-state index in [-0.39, 0.29) is 18.1 Å². The summed E-state index contributed by atoms with van der Waals surface area (Å²) in [6, 6.07) is 0.